The van der Waals surface area contributed by atoms with Gasteiger partial charge in [-0.05, 0) is 42.3 Å². The molecule has 0 bridgehead atoms. The van der Waals surface area contributed by atoms with Gasteiger partial charge in [-0.15, -0.1) is 0 Å². The highest BCUT2D eigenvalue weighted by Crippen LogP contribution is 2.18. The molecule has 2 amide bonds. The number of hydrogen-bond donors (Lipinski definition) is 1. The van der Waals surface area contributed by atoms with Crippen LogP contribution in [0.25, 0.3) is 0 Å². The number of hydrogen-bond acceptors (Lipinski definition) is 4. The third-order valence-corrected chi connectivity index (χ3v) is 5.36. The summed E-state index contributed by atoms with van der Waals surface area (Å²) < 4.78 is 23.3. The van der Waals surface area contributed by atoms with Gasteiger partial charge in [0, 0.05) is 37.0 Å². The standard InChI is InChI=1S/C19H20N2O4S/c1-26(24,25)17-8-3-6-15(12-17)19(23)20-16-7-2-5-14(11-16)13-21-10-4-9-18(21)22/h2-3,5-8,11-12H,4,9-10,13H2,1H3,(H,20,23). The highest BCUT2D eigenvalue weighted by atomic mass is 32.2. The molecule has 3 rings (SSSR count). The highest BCUT2D eigenvalue weighted by molar-refractivity contribution is 7.90. The lowest BCUT2D eigenvalue weighted by Crippen LogP contribution is -2.23. The largest absolute Gasteiger partial charge is 0.338 e. The van der Waals surface area contributed by atoms with E-state index in [2.05, 4.69) is 5.32 Å². The van der Waals surface area contributed by atoms with Crippen molar-refractivity contribution in [3.63, 3.8) is 0 Å². The summed E-state index contributed by atoms with van der Waals surface area (Å²) in [7, 11) is -3.37. The van der Waals surface area contributed by atoms with E-state index in [0.717, 1.165) is 24.8 Å². The predicted molar refractivity (Wildman–Crippen MR) is 98.6 cm³/mol. The van der Waals surface area contributed by atoms with Crippen LogP contribution in [-0.4, -0.2) is 37.9 Å². The van der Waals surface area contributed by atoms with Crippen molar-refractivity contribution in [3.8, 4) is 0 Å². The van der Waals surface area contributed by atoms with Crippen molar-refractivity contribution in [2.75, 3.05) is 18.1 Å². The van der Waals surface area contributed by atoms with Crippen LogP contribution < -0.4 is 5.32 Å². The fraction of sp³-hybridized carbons (Fsp3) is 0.263. The molecular weight excluding hydrogens is 352 g/mol. The Hall–Kier alpha value is -2.67. The van der Waals surface area contributed by atoms with Gasteiger partial charge in [-0.25, -0.2) is 8.42 Å². The monoisotopic (exact) mass is 372 g/mol. The van der Waals surface area contributed by atoms with Gasteiger partial charge in [0.1, 0.15) is 0 Å². The number of carbonyl (C=O) groups excluding carboxylic acids is 2. The van der Waals surface area contributed by atoms with Crippen molar-refractivity contribution in [3.05, 3.63) is 59.7 Å². The zero-order chi connectivity index (χ0) is 18.7. The predicted octanol–water partition coefficient (Wildman–Crippen LogP) is 2.46. The molecule has 0 unspecified atom stereocenters. The summed E-state index contributed by atoms with van der Waals surface area (Å²) >= 11 is 0. The molecule has 6 nitrogen and oxygen atoms in total. The smallest absolute Gasteiger partial charge is 0.255 e. The number of sulfone groups is 1. The summed E-state index contributed by atoms with van der Waals surface area (Å²) in [6, 6.07) is 13.2. The van der Waals surface area contributed by atoms with Crippen molar-refractivity contribution in [2.45, 2.75) is 24.3 Å². The lowest BCUT2D eigenvalue weighted by atomic mass is 10.1. The van der Waals surface area contributed by atoms with E-state index in [0.29, 0.717) is 18.7 Å². The second kappa shape index (κ2) is 7.29. The first kappa shape index (κ1) is 18.1. The van der Waals surface area contributed by atoms with Crippen molar-refractivity contribution >= 4 is 27.3 Å². The Balaban J connectivity index is 1.74. The van der Waals surface area contributed by atoms with Crippen LogP contribution >= 0.6 is 0 Å². The second-order valence-corrected chi connectivity index (χ2v) is 8.39. The molecule has 1 heterocycles. The molecule has 0 atom stereocenters. The van der Waals surface area contributed by atoms with Gasteiger partial charge in [-0.1, -0.05) is 18.2 Å². The quantitative estimate of drug-likeness (QED) is 0.874. The summed E-state index contributed by atoms with van der Waals surface area (Å²) in [6.45, 7) is 1.28. The van der Waals surface area contributed by atoms with Crippen molar-refractivity contribution in [2.24, 2.45) is 0 Å². The van der Waals surface area contributed by atoms with E-state index in [-0.39, 0.29) is 22.3 Å². The molecule has 0 aliphatic carbocycles. The van der Waals surface area contributed by atoms with E-state index < -0.39 is 9.84 Å². The van der Waals surface area contributed by atoms with E-state index >= 15 is 0 Å². The lowest BCUT2D eigenvalue weighted by molar-refractivity contribution is -0.128. The van der Waals surface area contributed by atoms with Crippen LogP contribution in [0.1, 0.15) is 28.8 Å². The Bertz CT molecular complexity index is 954. The maximum Gasteiger partial charge on any atom is 0.255 e. The Kier molecular flexibility index (Phi) is 5.08. The number of likely N-dealkylation sites (tertiary alicyclic amines) is 1. The summed E-state index contributed by atoms with van der Waals surface area (Å²) in [6.07, 6.45) is 2.58. The fourth-order valence-corrected chi connectivity index (χ4v) is 3.58. The van der Waals surface area contributed by atoms with Crippen LogP contribution in [0.3, 0.4) is 0 Å². The van der Waals surface area contributed by atoms with Crippen LogP contribution in [0.4, 0.5) is 5.69 Å². The van der Waals surface area contributed by atoms with E-state index in [1.807, 2.05) is 18.2 Å². The zero-order valence-electron chi connectivity index (χ0n) is 14.4. The Morgan fingerprint density at radius 3 is 2.62 bits per heavy atom. The fourth-order valence-electron chi connectivity index (χ4n) is 2.91. The molecule has 0 spiro atoms. The minimum atomic E-state index is -3.37. The number of rotatable bonds is 5. The number of amides is 2. The molecule has 0 radical (unpaired) electrons. The molecule has 7 heteroatoms. The van der Waals surface area contributed by atoms with Crippen LogP contribution in [0.15, 0.2) is 53.4 Å². The average molecular weight is 372 g/mol. The van der Waals surface area contributed by atoms with Crippen LogP contribution in [-0.2, 0) is 21.2 Å². The molecule has 26 heavy (non-hydrogen) atoms. The molecule has 0 saturated carbocycles. The van der Waals surface area contributed by atoms with Crippen LogP contribution in [0.2, 0.25) is 0 Å². The second-order valence-electron chi connectivity index (χ2n) is 6.37. The average Bonchev–Trinajstić information content (AvgIpc) is 2.99. The van der Waals surface area contributed by atoms with Crippen molar-refractivity contribution < 1.29 is 18.0 Å². The number of anilines is 1. The molecule has 1 fully saturated rings. The van der Waals surface area contributed by atoms with Gasteiger partial charge in [0.2, 0.25) is 5.91 Å². The molecule has 1 N–H and O–H groups in total. The Morgan fingerprint density at radius 2 is 1.92 bits per heavy atom. The summed E-state index contributed by atoms with van der Waals surface area (Å²) in [5.41, 5.74) is 1.81. The molecule has 1 saturated heterocycles. The molecule has 136 valence electrons. The Labute approximate surface area is 152 Å². The van der Waals surface area contributed by atoms with E-state index in [4.69, 9.17) is 0 Å². The van der Waals surface area contributed by atoms with Crippen molar-refractivity contribution in [1.82, 2.24) is 4.90 Å². The topological polar surface area (TPSA) is 83.6 Å². The maximum atomic E-state index is 12.4. The van der Waals surface area contributed by atoms with Gasteiger partial charge in [0.05, 0.1) is 4.90 Å². The molecule has 1 aliphatic rings. The molecule has 0 aromatic heterocycles. The van der Waals surface area contributed by atoms with Crippen LogP contribution in [0, 0.1) is 0 Å². The normalized spacial score (nSPS) is 14.5. The molecule has 2 aromatic carbocycles. The third-order valence-electron chi connectivity index (χ3n) is 4.25. The van der Waals surface area contributed by atoms with Gasteiger partial charge in [-0.3, -0.25) is 9.59 Å². The number of nitrogens with one attached hydrogen (secondary N) is 1. The van der Waals surface area contributed by atoms with Gasteiger partial charge in [0.25, 0.3) is 5.91 Å². The van der Waals surface area contributed by atoms with Crippen LogP contribution in [0.5, 0.6) is 0 Å². The first-order chi connectivity index (χ1) is 12.3. The minimum Gasteiger partial charge on any atom is -0.338 e. The molecule has 1 aliphatic heterocycles. The summed E-state index contributed by atoms with van der Waals surface area (Å²) in [5.74, 6) is -0.234. The molecule has 2 aromatic rings. The first-order valence-corrected chi connectivity index (χ1v) is 10.2. The van der Waals surface area contributed by atoms with Crippen molar-refractivity contribution in [1.29, 1.82) is 0 Å². The zero-order valence-corrected chi connectivity index (χ0v) is 15.3. The summed E-state index contributed by atoms with van der Waals surface area (Å²) in [5, 5.41) is 2.78. The van der Waals surface area contributed by atoms with Gasteiger partial charge < -0.3 is 10.2 Å². The van der Waals surface area contributed by atoms with E-state index in [1.165, 1.54) is 12.1 Å². The Morgan fingerprint density at radius 1 is 1.15 bits per heavy atom. The lowest BCUT2D eigenvalue weighted by Gasteiger charge is -2.16. The minimum absolute atomic E-state index is 0.103. The van der Waals surface area contributed by atoms with Gasteiger partial charge >= 0.3 is 0 Å². The number of carbonyl (C=O) groups is 2. The van der Waals surface area contributed by atoms with Gasteiger partial charge in [-0.2, -0.15) is 0 Å². The number of nitrogens with zero attached hydrogens (tertiary/aromatic N) is 1. The first-order valence-electron chi connectivity index (χ1n) is 8.31. The SMILES string of the molecule is CS(=O)(=O)c1cccc(C(=O)Nc2cccc(CN3CCCC3=O)c2)c1. The van der Waals surface area contributed by atoms with Gasteiger partial charge in [0.15, 0.2) is 9.84 Å². The van der Waals surface area contributed by atoms with E-state index in [1.54, 1.807) is 23.1 Å². The number of benzene rings is 2. The third kappa shape index (κ3) is 4.29. The highest BCUT2D eigenvalue weighted by Gasteiger charge is 2.20. The van der Waals surface area contributed by atoms with E-state index in [9.17, 15) is 18.0 Å². The maximum absolute atomic E-state index is 12.4. The summed E-state index contributed by atoms with van der Waals surface area (Å²) in [4.78, 5) is 26.1. The molecular formula is C19H20N2O4S.